The molecule has 0 bridgehead atoms. The van der Waals surface area contributed by atoms with Crippen molar-refractivity contribution in [3.8, 4) is 0 Å². The molecule has 0 aromatic heterocycles. The van der Waals surface area contributed by atoms with E-state index in [1.807, 2.05) is 0 Å². The van der Waals surface area contributed by atoms with Gasteiger partial charge < -0.3 is 4.90 Å². The molecule has 0 aromatic rings. The van der Waals surface area contributed by atoms with E-state index in [1.165, 1.54) is 70.9 Å². The van der Waals surface area contributed by atoms with Crippen LogP contribution in [0.25, 0.3) is 0 Å². The maximum Gasteiger partial charge on any atom is 0.00925 e. The van der Waals surface area contributed by atoms with Gasteiger partial charge in [0.15, 0.2) is 0 Å². The predicted molar refractivity (Wildman–Crippen MR) is 85.6 cm³/mol. The van der Waals surface area contributed by atoms with Gasteiger partial charge in [0.1, 0.15) is 0 Å². The SMILES string of the molecule is CC1CCCN(CCCCCCCCCS)C1C. The van der Waals surface area contributed by atoms with Crippen molar-refractivity contribution in [1.82, 2.24) is 4.90 Å². The molecule has 2 atom stereocenters. The van der Waals surface area contributed by atoms with E-state index in [2.05, 4.69) is 31.4 Å². The molecule has 2 unspecified atom stereocenters. The molecular weight excluding hydrogens is 238 g/mol. The number of nitrogens with zero attached hydrogens (tertiary/aromatic N) is 1. The standard InChI is InChI=1S/C16H33NS/c1-15-11-10-13-17(16(15)2)12-8-6-4-3-5-7-9-14-18/h15-16,18H,3-14H2,1-2H3. The first-order chi connectivity index (χ1) is 8.75. The number of likely N-dealkylation sites (tertiary alicyclic amines) is 1. The van der Waals surface area contributed by atoms with Crippen LogP contribution in [0.4, 0.5) is 0 Å². The summed E-state index contributed by atoms with van der Waals surface area (Å²) in [7, 11) is 0. The average Bonchev–Trinajstić information content (AvgIpc) is 2.37. The van der Waals surface area contributed by atoms with Gasteiger partial charge in [-0.1, -0.05) is 39.0 Å². The fraction of sp³-hybridized carbons (Fsp3) is 1.00. The Morgan fingerprint density at radius 2 is 1.56 bits per heavy atom. The van der Waals surface area contributed by atoms with E-state index in [9.17, 15) is 0 Å². The highest BCUT2D eigenvalue weighted by Crippen LogP contribution is 2.23. The predicted octanol–water partition coefficient (Wildman–Crippen LogP) is 4.77. The van der Waals surface area contributed by atoms with Crippen LogP contribution < -0.4 is 0 Å². The number of rotatable bonds is 9. The van der Waals surface area contributed by atoms with Gasteiger partial charge in [-0.3, -0.25) is 0 Å². The Labute approximate surface area is 120 Å². The molecule has 0 saturated carbocycles. The number of hydrogen-bond acceptors (Lipinski definition) is 2. The summed E-state index contributed by atoms with van der Waals surface area (Å²) < 4.78 is 0. The molecule has 1 saturated heterocycles. The van der Waals surface area contributed by atoms with E-state index in [-0.39, 0.29) is 0 Å². The van der Waals surface area contributed by atoms with Crippen molar-refractivity contribution in [1.29, 1.82) is 0 Å². The van der Waals surface area contributed by atoms with E-state index in [0.29, 0.717) is 0 Å². The summed E-state index contributed by atoms with van der Waals surface area (Å²) in [6, 6.07) is 0.814. The van der Waals surface area contributed by atoms with E-state index >= 15 is 0 Å². The van der Waals surface area contributed by atoms with Crippen molar-refractivity contribution < 1.29 is 0 Å². The summed E-state index contributed by atoms with van der Waals surface area (Å²) in [6.07, 6.45) is 12.6. The van der Waals surface area contributed by atoms with Gasteiger partial charge in [-0.2, -0.15) is 12.6 Å². The lowest BCUT2D eigenvalue weighted by molar-refractivity contribution is 0.112. The third-order valence-electron chi connectivity index (χ3n) is 4.61. The molecule has 1 heterocycles. The van der Waals surface area contributed by atoms with Gasteiger partial charge in [-0.05, 0) is 57.4 Å². The van der Waals surface area contributed by atoms with E-state index < -0.39 is 0 Å². The fourth-order valence-electron chi connectivity index (χ4n) is 3.05. The van der Waals surface area contributed by atoms with Crippen LogP contribution in [0.5, 0.6) is 0 Å². The smallest absolute Gasteiger partial charge is 0.00925 e. The van der Waals surface area contributed by atoms with Gasteiger partial charge in [0.05, 0.1) is 0 Å². The Hall–Kier alpha value is 0.310. The van der Waals surface area contributed by atoms with Crippen molar-refractivity contribution in [3.63, 3.8) is 0 Å². The van der Waals surface area contributed by atoms with Gasteiger partial charge in [0.2, 0.25) is 0 Å². The van der Waals surface area contributed by atoms with Crippen molar-refractivity contribution in [2.75, 3.05) is 18.8 Å². The second-order valence-electron chi connectivity index (χ2n) is 6.09. The molecule has 0 spiro atoms. The maximum absolute atomic E-state index is 4.25. The highest BCUT2D eigenvalue weighted by Gasteiger charge is 2.23. The Bertz CT molecular complexity index is 196. The molecule has 1 aliphatic heterocycles. The molecule has 108 valence electrons. The molecule has 1 nitrogen and oxygen atoms in total. The number of hydrogen-bond donors (Lipinski definition) is 1. The van der Waals surface area contributed by atoms with E-state index in [4.69, 9.17) is 0 Å². The minimum absolute atomic E-state index is 0.814. The second kappa shape index (κ2) is 10.1. The molecule has 0 N–H and O–H groups in total. The lowest BCUT2D eigenvalue weighted by atomic mass is 9.92. The summed E-state index contributed by atoms with van der Waals surface area (Å²) in [4.78, 5) is 2.72. The molecule has 0 amide bonds. The summed E-state index contributed by atoms with van der Waals surface area (Å²) in [6.45, 7) is 7.51. The van der Waals surface area contributed by atoms with Crippen LogP contribution in [-0.2, 0) is 0 Å². The molecule has 0 aromatic carbocycles. The summed E-state index contributed by atoms with van der Waals surface area (Å²) >= 11 is 4.25. The van der Waals surface area contributed by atoms with Crippen LogP contribution in [0.15, 0.2) is 0 Å². The van der Waals surface area contributed by atoms with Crippen LogP contribution >= 0.6 is 12.6 Å². The van der Waals surface area contributed by atoms with Gasteiger partial charge >= 0.3 is 0 Å². The van der Waals surface area contributed by atoms with Crippen molar-refractivity contribution >= 4 is 12.6 Å². The molecule has 1 fully saturated rings. The molecular formula is C16H33NS. The first kappa shape index (κ1) is 16.4. The number of thiol groups is 1. The zero-order valence-corrected chi connectivity index (χ0v) is 13.4. The Balaban J connectivity index is 1.94. The largest absolute Gasteiger partial charge is 0.300 e. The van der Waals surface area contributed by atoms with Gasteiger partial charge in [-0.25, -0.2) is 0 Å². The molecule has 18 heavy (non-hydrogen) atoms. The highest BCUT2D eigenvalue weighted by atomic mass is 32.1. The van der Waals surface area contributed by atoms with Gasteiger partial charge in [0, 0.05) is 6.04 Å². The molecule has 1 aliphatic rings. The minimum Gasteiger partial charge on any atom is -0.300 e. The van der Waals surface area contributed by atoms with Crippen LogP contribution in [0.3, 0.4) is 0 Å². The van der Waals surface area contributed by atoms with E-state index in [1.54, 1.807) is 0 Å². The summed E-state index contributed by atoms with van der Waals surface area (Å²) in [5.74, 6) is 1.96. The van der Waals surface area contributed by atoms with Crippen LogP contribution in [0, 0.1) is 5.92 Å². The molecule has 0 radical (unpaired) electrons. The molecule has 1 rings (SSSR count). The van der Waals surface area contributed by atoms with Crippen LogP contribution in [0.2, 0.25) is 0 Å². The summed E-state index contributed by atoms with van der Waals surface area (Å²) in [5.41, 5.74) is 0. The maximum atomic E-state index is 4.25. The van der Waals surface area contributed by atoms with Crippen LogP contribution in [0.1, 0.15) is 71.6 Å². The topological polar surface area (TPSA) is 3.24 Å². The van der Waals surface area contributed by atoms with Gasteiger partial charge in [-0.15, -0.1) is 0 Å². The number of piperidine rings is 1. The normalized spacial score (nSPS) is 25.5. The number of unbranched alkanes of at least 4 members (excludes halogenated alkanes) is 6. The van der Waals surface area contributed by atoms with Crippen LogP contribution in [-0.4, -0.2) is 29.8 Å². The third-order valence-corrected chi connectivity index (χ3v) is 4.92. The minimum atomic E-state index is 0.814. The Kier molecular flexibility index (Phi) is 9.22. The zero-order chi connectivity index (χ0) is 13.2. The monoisotopic (exact) mass is 271 g/mol. The Morgan fingerprint density at radius 1 is 0.944 bits per heavy atom. The van der Waals surface area contributed by atoms with Crippen molar-refractivity contribution in [2.45, 2.75) is 77.7 Å². The first-order valence-electron chi connectivity index (χ1n) is 8.10. The lowest BCUT2D eigenvalue weighted by Crippen LogP contribution is -2.42. The molecule has 0 aliphatic carbocycles. The zero-order valence-electron chi connectivity index (χ0n) is 12.5. The fourth-order valence-corrected chi connectivity index (χ4v) is 3.27. The molecule has 2 heteroatoms. The quantitative estimate of drug-likeness (QED) is 0.467. The van der Waals surface area contributed by atoms with Gasteiger partial charge in [0.25, 0.3) is 0 Å². The Morgan fingerprint density at radius 3 is 2.22 bits per heavy atom. The van der Waals surface area contributed by atoms with E-state index in [0.717, 1.165) is 17.7 Å². The highest BCUT2D eigenvalue weighted by molar-refractivity contribution is 7.80. The third kappa shape index (κ3) is 6.47. The average molecular weight is 272 g/mol. The second-order valence-corrected chi connectivity index (χ2v) is 6.54. The van der Waals surface area contributed by atoms with Crippen molar-refractivity contribution in [2.24, 2.45) is 5.92 Å². The first-order valence-corrected chi connectivity index (χ1v) is 8.74. The van der Waals surface area contributed by atoms with Crippen molar-refractivity contribution in [3.05, 3.63) is 0 Å². The summed E-state index contributed by atoms with van der Waals surface area (Å²) in [5, 5.41) is 0. The lowest BCUT2D eigenvalue weighted by Gasteiger charge is -2.37.